The molecule has 0 bridgehead atoms. The molecule has 2 N–H and O–H groups in total. The lowest BCUT2D eigenvalue weighted by Crippen LogP contribution is -2.54. The molecule has 2 rings (SSSR count). The first kappa shape index (κ1) is 24.4. The Labute approximate surface area is 182 Å². The van der Waals surface area contributed by atoms with Crippen LogP contribution in [0.2, 0.25) is 0 Å². The Hall–Kier alpha value is -0.610. The van der Waals surface area contributed by atoms with Crippen molar-refractivity contribution < 1.29 is 4.79 Å². The second kappa shape index (κ2) is 12.8. The summed E-state index contributed by atoms with van der Waals surface area (Å²) in [5.41, 5.74) is 0. The smallest absolute Gasteiger partial charge is 0.234 e. The topological polar surface area (TPSA) is 63.2 Å². The molecule has 8 heteroatoms. The van der Waals surface area contributed by atoms with Gasteiger partial charge in [-0.25, -0.2) is 0 Å². The highest BCUT2D eigenvalue weighted by atomic mass is 127. The first-order chi connectivity index (χ1) is 12.5. The molecule has 2 aliphatic heterocycles. The van der Waals surface area contributed by atoms with E-state index in [1.807, 2.05) is 13.8 Å². The number of carbonyl (C=O) groups is 1. The van der Waals surface area contributed by atoms with Crippen LogP contribution in [0.5, 0.6) is 0 Å². The van der Waals surface area contributed by atoms with Crippen molar-refractivity contribution in [3.8, 4) is 0 Å². The maximum atomic E-state index is 11.9. The molecule has 1 atom stereocenters. The van der Waals surface area contributed by atoms with Crippen molar-refractivity contribution in [2.45, 2.75) is 39.7 Å². The van der Waals surface area contributed by atoms with E-state index in [-0.39, 0.29) is 35.9 Å². The SMILES string of the molecule is CCNC(=NCC1CCCN(C)C1)N1CCN(CC(=O)NC(C)C)CC1.I. The summed E-state index contributed by atoms with van der Waals surface area (Å²) in [5, 5.41) is 6.42. The van der Waals surface area contributed by atoms with E-state index in [9.17, 15) is 4.79 Å². The second-order valence-electron chi connectivity index (χ2n) is 7.95. The summed E-state index contributed by atoms with van der Waals surface area (Å²) in [4.78, 5) is 23.8. The monoisotopic (exact) mass is 494 g/mol. The number of halogens is 1. The van der Waals surface area contributed by atoms with E-state index in [1.165, 1.54) is 19.4 Å². The van der Waals surface area contributed by atoms with Crippen LogP contribution in [-0.2, 0) is 4.79 Å². The van der Waals surface area contributed by atoms with Crippen molar-refractivity contribution in [2.24, 2.45) is 10.9 Å². The second-order valence-corrected chi connectivity index (χ2v) is 7.95. The van der Waals surface area contributed by atoms with Gasteiger partial charge in [0.2, 0.25) is 5.91 Å². The minimum absolute atomic E-state index is 0. The summed E-state index contributed by atoms with van der Waals surface area (Å²) in [5.74, 6) is 1.82. The minimum Gasteiger partial charge on any atom is -0.357 e. The molecule has 2 fully saturated rings. The molecular weight excluding hydrogens is 455 g/mol. The number of amides is 1. The summed E-state index contributed by atoms with van der Waals surface area (Å²) in [6.07, 6.45) is 2.57. The Bertz CT molecular complexity index is 465. The summed E-state index contributed by atoms with van der Waals surface area (Å²) >= 11 is 0. The predicted molar refractivity (Wildman–Crippen MR) is 123 cm³/mol. The first-order valence-electron chi connectivity index (χ1n) is 10.2. The standard InChI is InChI=1S/C19H38N6O.HI/c1-5-20-19(21-13-17-7-6-8-23(4)14-17)25-11-9-24(10-12-25)15-18(26)22-16(2)3;/h16-17H,5-15H2,1-4H3,(H,20,21)(H,22,26);1H. The van der Waals surface area contributed by atoms with Crippen molar-refractivity contribution in [1.82, 2.24) is 25.3 Å². The zero-order chi connectivity index (χ0) is 18.9. The number of piperazine rings is 1. The van der Waals surface area contributed by atoms with Gasteiger partial charge in [0.1, 0.15) is 0 Å². The maximum Gasteiger partial charge on any atom is 0.234 e. The van der Waals surface area contributed by atoms with Crippen molar-refractivity contribution >= 4 is 35.8 Å². The van der Waals surface area contributed by atoms with Gasteiger partial charge in [-0.3, -0.25) is 14.7 Å². The van der Waals surface area contributed by atoms with Gasteiger partial charge >= 0.3 is 0 Å². The fourth-order valence-electron chi connectivity index (χ4n) is 3.75. The molecule has 0 aromatic carbocycles. The van der Waals surface area contributed by atoms with Crippen LogP contribution in [0.3, 0.4) is 0 Å². The highest BCUT2D eigenvalue weighted by Crippen LogP contribution is 2.15. The Morgan fingerprint density at radius 2 is 1.89 bits per heavy atom. The number of aliphatic imine (C=N–C) groups is 1. The average molecular weight is 494 g/mol. The third kappa shape index (κ3) is 8.95. The molecule has 2 aliphatic rings. The molecule has 0 radical (unpaired) electrons. The van der Waals surface area contributed by atoms with Crippen molar-refractivity contribution in [3.63, 3.8) is 0 Å². The number of rotatable bonds is 6. The average Bonchev–Trinajstić information content (AvgIpc) is 2.59. The number of hydrogen-bond donors (Lipinski definition) is 2. The van der Waals surface area contributed by atoms with Crippen LogP contribution in [0.1, 0.15) is 33.6 Å². The van der Waals surface area contributed by atoms with Crippen molar-refractivity contribution in [2.75, 3.05) is 66.0 Å². The van der Waals surface area contributed by atoms with Gasteiger partial charge < -0.3 is 20.4 Å². The van der Waals surface area contributed by atoms with Gasteiger partial charge in [0.15, 0.2) is 5.96 Å². The number of nitrogens with zero attached hydrogens (tertiary/aromatic N) is 4. The number of likely N-dealkylation sites (tertiary alicyclic amines) is 1. The molecule has 0 aromatic rings. The van der Waals surface area contributed by atoms with Gasteiger partial charge in [-0.2, -0.15) is 0 Å². The number of piperidine rings is 1. The predicted octanol–water partition coefficient (Wildman–Crippen LogP) is 1.05. The van der Waals surface area contributed by atoms with E-state index in [0.717, 1.165) is 51.8 Å². The van der Waals surface area contributed by atoms with E-state index in [4.69, 9.17) is 4.99 Å². The van der Waals surface area contributed by atoms with Crippen LogP contribution in [-0.4, -0.2) is 98.6 Å². The van der Waals surface area contributed by atoms with Crippen molar-refractivity contribution in [1.29, 1.82) is 0 Å². The van der Waals surface area contributed by atoms with E-state index >= 15 is 0 Å². The Morgan fingerprint density at radius 3 is 2.48 bits per heavy atom. The molecule has 0 aliphatic carbocycles. The van der Waals surface area contributed by atoms with Crippen LogP contribution in [0.4, 0.5) is 0 Å². The molecule has 27 heavy (non-hydrogen) atoms. The number of nitrogens with one attached hydrogen (secondary N) is 2. The molecule has 1 amide bonds. The largest absolute Gasteiger partial charge is 0.357 e. The third-order valence-electron chi connectivity index (χ3n) is 5.04. The summed E-state index contributed by atoms with van der Waals surface area (Å²) in [6, 6.07) is 0.204. The zero-order valence-corrected chi connectivity index (χ0v) is 19.9. The molecule has 7 nitrogen and oxygen atoms in total. The summed E-state index contributed by atoms with van der Waals surface area (Å²) < 4.78 is 0. The van der Waals surface area contributed by atoms with Gasteiger partial charge in [-0.1, -0.05) is 0 Å². The quantitative estimate of drug-likeness (QED) is 0.329. The summed E-state index contributed by atoms with van der Waals surface area (Å²) in [6.45, 7) is 14.4. The number of carbonyl (C=O) groups excluding carboxylic acids is 1. The van der Waals surface area contributed by atoms with Crippen LogP contribution in [0, 0.1) is 5.92 Å². The van der Waals surface area contributed by atoms with E-state index in [0.29, 0.717) is 12.5 Å². The molecule has 158 valence electrons. The van der Waals surface area contributed by atoms with Crippen molar-refractivity contribution in [3.05, 3.63) is 0 Å². The third-order valence-corrected chi connectivity index (χ3v) is 5.04. The van der Waals surface area contributed by atoms with E-state index in [1.54, 1.807) is 0 Å². The fraction of sp³-hybridized carbons (Fsp3) is 0.895. The molecule has 0 saturated carbocycles. The van der Waals surface area contributed by atoms with Gasteiger partial charge in [0, 0.05) is 51.9 Å². The molecule has 2 saturated heterocycles. The molecule has 0 spiro atoms. The lowest BCUT2D eigenvalue weighted by atomic mass is 9.99. The number of hydrogen-bond acceptors (Lipinski definition) is 4. The Balaban J connectivity index is 0.00000364. The van der Waals surface area contributed by atoms with Crippen LogP contribution >= 0.6 is 24.0 Å². The highest BCUT2D eigenvalue weighted by molar-refractivity contribution is 14.0. The molecule has 0 aromatic heterocycles. The Kier molecular flexibility index (Phi) is 11.6. The highest BCUT2D eigenvalue weighted by Gasteiger charge is 2.22. The summed E-state index contributed by atoms with van der Waals surface area (Å²) in [7, 11) is 2.20. The lowest BCUT2D eigenvalue weighted by Gasteiger charge is -2.36. The molecular formula is C19H39IN6O. The van der Waals surface area contributed by atoms with E-state index in [2.05, 4.69) is 39.3 Å². The first-order valence-corrected chi connectivity index (χ1v) is 10.2. The lowest BCUT2D eigenvalue weighted by molar-refractivity contribution is -0.123. The van der Waals surface area contributed by atoms with Crippen LogP contribution < -0.4 is 10.6 Å². The van der Waals surface area contributed by atoms with Crippen LogP contribution in [0.15, 0.2) is 4.99 Å². The normalized spacial score (nSPS) is 22.5. The molecule has 1 unspecified atom stereocenters. The van der Waals surface area contributed by atoms with E-state index < -0.39 is 0 Å². The van der Waals surface area contributed by atoms with Gasteiger partial charge in [0.05, 0.1) is 6.54 Å². The van der Waals surface area contributed by atoms with Gasteiger partial charge in [0.25, 0.3) is 0 Å². The van der Waals surface area contributed by atoms with Crippen LogP contribution in [0.25, 0.3) is 0 Å². The zero-order valence-electron chi connectivity index (χ0n) is 17.5. The minimum atomic E-state index is 0. The fourth-order valence-corrected chi connectivity index (χ4v) is 3.75. The van der Waals surface area contributed by atoms with Gasteiger partial charge in [-0.15, -0.1) is 24.0 Å². The molecule has 2 heterocycles. The van der Waals surface area contributed by atoms with Gasteiger partial charge in [-0.05, 0) is 53.1 Å². The maximum absolute atomic E-state index is 11.9. The Morgan fingerprint density at radius 1 is 1.19 bits per heavy atom. The number of guanidine groups is 1.